The van der Waals surface area contributed by atoms with Gasteiger partial charge < -0.3 is 5.32 Å². The first kappa shape index (κ1) is 11.0. The third-order valence-electron chi connectivity index (χ3n) is 1.50. The lowest BCUT2D eigenvalue weighted by atomic mass is 10.4. The number of aromatic amines is 1. The molecule has 0 amide bonds. The molecule has 0 bridgehead atoms. The summed E-state index contributed by atoms with van der Waals surface area (Å²) in [6.07, 6.45) is -3.56. The minimum atomic E-state index is -4.47. The van der Waals surface area contributed by atoms with Crippen molar-refractivity contribution in [1.29, 1.82) is 0 Å². The van der Waals surface area contributed by atoms with Gasteiger partial charge in [-0.1, -0.05) is 6.92 Å². The van der Waals surface area contributed by atoms with Gasteiger partial charge in [-0.2, -0.15) is 13.2 Å². The number of H-pyrrole nitrogens is 1. The fraction of sp³-hybridized carbons (Fsp3) is 0.714. The Labute approximate surface area is 78.9 Å². The van der Waals surface area contributed by atoms with E-state index in [0.29, 0.717) is 0 Å². The maximum Gasteiger partial charge on any atom is 0.453 e. The second-order valence-corrected chi connectivity index (χ2v) is 2.78. The molecule has 1 rings (SSSR count). The van der Waals surface area contributed by atoms with Gasteiger partial charge in [0.2, 0.25) is 0 Å². The molecule has 7 heteroatoms. The van der Waals surface area contributed by atoms with Crippen LogP contribution >= 0.6 is 0 Å². The highest BCUT2D eigenvalue weighted by atomic mass is 19.4. The smallest absolute Gasteiger partial charge is 0.310 e. The Morgan fingerprint density at radius 1 is 1.43 bits per heavy atom. The fourth-order valence-corrected chi connectivity index (χ4v) is 0.885. The Balaban J connectivity index is 2.51. The Morgan fingerprint density at radius 2 is 2.14 bits per heavy atom. The first-order chi connectivity index (χ1) is 6.54. The highest BCUT2D eigenvalue weighted by molar-refractivity contribution is 4.93. The van der Waals surface area contributed by atoms with E-state index in [9.17, 15) is 13.2 Å². The summed E-state index contributed by atoms with van der Waals surface area (Å²) in [5.41, 5.74) is 0. The molecule has 0 aliphatic heterocycles. The lowest BCUT2D eigenvalue weighted by Crippen LogP contribution is -2.15. The second-order valence-electron chi connectivity index (χ2n) is 2.78. The van der Waals surface area contributed by atoms with Crippen LogP contribution in [0.1, 0.15) is 25.0 Å². The first-order valence-electron chi connectivity index (χ1n) is 4.23. The van der Waals surface area contributed by atoms with Crippen molar-refractivity contribution in [1.82, 2.24) is 20.5 Å². The van der Waals surface area contributed by atoms with E-state index in [2.05, 4.69) is 20.5 Å². The third-order valence-corrected chi connectivity index (χ3v) is 1.50. The van der Waals surface area contributed by atoms with Crippen LogP contribution in [0.2, 0.25) is 0 Å². The number of hydrogen-bond acceptors (Lipinski definition) is 3. The van der Waals surface area contributed by atoms with Crippen molar-refractivity contribution in [2.24, 2.45) is 0 Å². The van der Waals surface area contributed by atoms with Gasteiger partial charge in [-0.3, -0.25) is 5.10 Å². The van der Waals surface area contributed by atoms with E-state index in [1.165, 1.54) is 0 Å². The van der Waals surface area contributed by atoms with Crippen molar-refractivity contribution in [2.75, 3.05) is 6.54 Å². The lowest BCUT2D eigenvalue weighted by Gasteiger charge is -1.98. The van der Waals surface area contributed by atoms with Gasteiger partial charge in [-0.25, -0.2) is 4.98 Å². The molecule has 1 aromatic heterocycles. The van der Waals surface area contributed by atoms with E-state index in [1.54, 1.807) is 0 Å². The van der Waals surface area contributed by atoms with E-state index in [1.807, 2.05) is 6.92 Å². The zero-order valence-electron chi connectivity index (χ0n) is 7.65. The number of hydrogen-bond donors (Lipinski definition) is 2. The number of halogens is 3. The van der Waals surface area contributed by atoms with Crippen LogP contribution in [0.4, 0.5) is 13.2 Å². The molecule has 0 aliphatic rings. The quantitative estimate of drug-likeness (QED) is 0.734. The molecule has 2 N–H and O–H groups in total. The van der Waals surface area contributed by atoms with Crippen LogP contribution in [0.15, 0.2) is 0 Å². The minimum Gasteiger partial charge on any atom is -0.310 e. The zero-order chi connectivity index (χ0) is 10.6. The van der Waals surface area contributed by atoms with Gasteiger partial charge >= 0.3 is 6.18 Å². The van der Waals surface area contributed by atoms with Crippen LogP contribution in [0, 0.1) is 0 Å². The highest BCUT2D eigenvalue weighted by Gasteiger charge is 2.35. The predicted molar refractivity (Wildman–Crippen MR) is 43.4 cm³/mol. The van der Waals surface area contributed by atoms with Crippen LogP contribution in [0.5, 0.6) is 0 Å². The molecule has 0 radical (unpaired) electrons. The van der Waals surface area contributed by atoms with Crippen molar-refractivity contribution in [3.63, 3.8) is 0 Å². The molecule has 80 valence electrons. The van der Waals surface area contributed by atoms with E-state index >= 15 is 0 Å². The fourth-order valence-electron chi connectivity index (χ4n) is 0.885. The van der Waals surface area contributed by atoms with Gasteiger partial charge in [0.1, 0.15) is 5.82 Å². The number of nitrogens with zero attached hydrogens (tertiary/aromatic N) is 2. The summed E-state index contributed by atoms with van der Waals surface area (Å²) >= 11 is 0. The van der Waals surface area contributed by atoms with Crippen molar-refractivity contribution in [2.45, 2.75) is 26.1 Å². The van der Waals surface area contributed by atoms with Crippen LogP contribution in [-0.4, -0.2) is 21.7 Å². The summed E-state index contributed by atoms with van der Waals surface area (Å²) < 4.78 is 36.1. The first-order valence-corrected chi connectivity index (χ1v) is 4.23. The van der Waals surface area contributed by atoms with Crippen LogP contribution in [0.3, 0.4) is 0 Å². The summed E-state index contributed by atoms with van der Waals surface area (Å²) in [6, 6.07) is 0. The van der Waals surface area contributed by atoms with E-state index in [4.69, 9.17) is 0 Å². The maximum atomic E-state index is 12.0. The average molecular weight is 208 g/mol. The molecule has 1 aromatic rings. The molecule has 0 atom stereocenters. The Bertz CT molecular complexity index is 281. The van der Waals surface area contributed by atoms with E-state index < -0.39 is 12.0 Å². The van der Waals surface area contributed by atoms with Gasteiger partial charge in [0, 0.05) is 0 Å². The van der Waals surface area contributed by atoms with Crippen molar-refractivity contribution >= 4 is 0 Å². The number of nitrogens with one attached hydrogen (secondary N) is 2. The zero-order valence-corrected chi connectivity index (χ0v) is 7.65. The maximum absolute atomic E-state index is 12.0. The van der Waals surface area contributed by atoms with Gasteiger partial charge in [0.05, 0.1) is 6.54 Å². The summed E-state index contributed by atoms with van der Waals surface area (Å²) in [6.45, 7) is 2.98. The predicted octanol–water partition coefficient (Wildman–Crippen LogP) is 1.32. The molecule has 0 fully saturated rings. The third kappa shape index (κ3) is 2.99. The number of rotatable bonds is 4. The van der Waals surface area contributed by atoms with Gasteiger partial charge in [0.15, 0.2) is 0 Å². The topological polar surface area (TPSA) is 53.6 Å². The Morgan fingerprint density at radius 3 is 2.64 bits per heavy atom. The molecule has 1 heterocycles. The Hall–Kier alpha value is -1.11. The van der Waals surface area contributed by atoms with E-state index in [0.717, 1.165) is 13.0 Å². The normalized spacial score (nSPS) is 12.0. The standard InChI is InChI=1S/C7H11F3N4/c1-2-3-11-4-5-12-6(14-13-5)7(8,9)10/h11H,2-4H2,1H3,(H,12,13,14). The number of alkyl halides is 3. The SMILES string of the molecule is CCCNCc1nc(C(F)(F)F)n[nH]1. The van der Waals surface area contributed by atoms with Crippen molar-refractivity contribution in [3.8, 4) is 0 Å². The highest BCUT2D eigenvalue weighted by Crippen LogP contribution is 2.25. The van der Waals surface area contributed by atoms with Crippen molar-refractivity contribution in [3.05, 3.63) is 11.6 Å². The minimum absolute atomic E-state index is 0.200. The molecule has 14 heavy (non-hydrogen) atoms. The Kier molecular flexibility index (Phi) is 3.45. The van der Waals surface area contributed by atoms with Gasteiger partial charge in [-0.05, 0) is 13.0 Å². The van der Waals surface area contributed by atoms with Crippen LogP contribution in [0.25, 0.3) is 0 Å². The molecule has 0 saturated heterocycles. The molecular formula is C7H11F3N4. The average Bonchev–Trinajstić information content (AvgIpc) is 2.52. The largest absolute Gasteiger partial charge is 0.453 e. The number of aromatic nitrogens is 3. The molecule has 0 spiro atoms. The molecule has 4 nitrogen and oxygen atoms in total. The molecule has 0 saturated carbocycles. The van der Waals surface area contributed by atoms with Gasteiger partial charge in [0.25, 0.3) is 5.82 Å². The molecular weight excluding hydrogens is 197 g/mol. The molecule has 0 aromatic carbocycles. The summed E-state index contributed by atoms with van der Waals surface area (Å²) in [5, 5.41) is 8.21. The van der Waals surface area contributed by atoms with Gasteiger partial charge in [-0.15, -0.1) is 5.10 Å². The second kappa shape index (κ2) is 4.41. The van der Waals surface area contributed by atoms with Crippen molar-refractivity contribution < 1.29 is 13.2 Å². The van der Waals surface area contributed by atoms with E-state index in [-0.39, 0.29) is 12.4 Å². The molecule has 0 unspecified atom stereocenters. The summed E-state index contributed by atoms with van der Waals surface area (Å²) in [5.74, 6) is -0.920. The van der Waals surface area contributed by atoms with Crippen LogP contribution < -0.4 is 5.32 Å². The lowest BCUT2D eigenvalue weighted by molar-refractivity contribution is -0.144. The summed E-state index contributed by atoms with van der Waals surface area (Å²) in [4.78, 5) is 3.30. The van der Waals surface area contributed by atoms with Crippen LogP contribution in [-0.2, 0) is 12.7 Å². The summed E-state index contributed by atoms with van der Waals surface area (Å²) in [7, 11) is 0. The molecule has 0 aliphatic carbocycles. The monoisotopic (exact) mass is 208 g/mol.